The Balaban J connectivity index is -0.000000403. The van der Waals surface area contributed by atoms with Crippen LogP contribution in [0, 0.1) is 124 Å². The number of benzene rings is 1. The number of hydrogen-bond donors (Lipinski definition) is 2. The summed E-state index contributed by atoms with van der Waals surface area (Å²) >= 11 is 0. The summed E-state index contributed by atoms with van der Waals surface area (Å²) in [6.07, 6.45) is 0. The van der Waals surface area contributed by atoms with Crippen LogP contribution in [0.4, 0.5) is 0 Å². The molecule has 0 atom stereocenters. The van der Waals surface area contributed by atoms with E-state index in [0.717, 1.165) is 0 Å². The van der Waals surface area contributed by atoms with Crippen molar-refractivity contribution in [1.29, 1.82) is 0 Å². The Hall–Kier alpha value is 3.31. The van der Waals surface area contributed by atoms with Crippen molar-refractivity contribution in [2.75, 3.05) is 0 Å². The first-order valence-corrected chi connectivity index (χ1v) is 3.44. The summed E-state index contributed by atoms with van der Waals surface area (Å²) in [5.41, 5.74) is 0.442. The second kappa shape index (κ2) is 12.8. The van der Waals surface area contributed by atoms with E-state index in [2.05, 4.69) is 10.5 Å². The van der Waals surface area contributed by atoms with Crippen LogP contribution in [0.3, 0.4) is 0 Å². The van der Waals surface area contributed by atoms with E-state index in [1.165, 1.54) is 0 Å². The first kappa shape index (κ1) is 22.5. The molecule has 6 radical (unpaired) electrons. The summed E-state index contributed by atoms with van der Waals surface area (Å²) < 4.78 is 4.69. The zero-order chi connectivity index (χ0) is 8.27. The van der Waals surface area contributed by atoms with Gasteiger partial charge in [-0.1, -0.05) is 12.1 Å². The van der Waals surface area contributed by atoms with Crippen LogP contribution < -0.4 is 9.89 Å². The van der Waals surface area contributed by atoms with Gasteiger partial charge in [-0.25, -0.2) is 0 Å². The van der Waals surface area contributed by atoms with Gasteiger partial charge in [-0.05, 0) is 17.6 Å². The van der Waals surface area contributed by atoms with Gasteiger partial charge in [0.1, 0.15) is 5.75 Å². The molecule has 0 aliphatic heterocycles. The maximum absolute atomic E-state index is 8.69. The molecule has 0 fully saturated rings. The molecule has 0 unspecified atom stereocenters. The van der Waals surface area contributed by atoms with Crippen LogP contribution in [0.15, 0.2) is 24.3 Å². The molecule has 0 aliphatic carbocycles. The van der Waals surface area contributed by atoms with Gasteiger partial charge in [0.15, 0.2) is 0 Å². The van der Waals surface area contributed by atoms with E-state index in [0.29, 0.717) is 11.2 Å². The minimum absolute atomic E-state index is 0. The minimum Gasteiger partial charge on any atom is -0.540 e. The van der Waals surface area contributed by atoms with Crippen molar-refractivity contribution in [2.24, 2.45) is 0 Å². The molecule has 14 heavy (non-hydrogen) atoms. The second-order valence-corrected chi connectivity index (χ2v) is 2.25. The fourth-order valence-electron chi connectivity index (χ4n) is 0.708. The summed E-state index contributed by atoms with van der Waals surface area (Å²) in [5, 5.41) is 17.4. The second-order valence-electron chi connectivity index (χ2n) is 2.04. The number of hydrogen-bond acceptors (Lipinski definition) is 3. The molecular formula is C6H6BO3Pr3Si. The van der Waals surface area contributed by atoms with Crippen LogP contribution in [0.25, 0.3) is 0 Å². The van der Waals surface area contributed by atoms with E-state index in [9.17, 15) is 0 Å². The molecule has 0 saturated carbocycles. The van der Waals surface area contributed by atoms with Gasteiger partial charge in [0.25, 0.3) is 0 Å². The number of rotatable bonds is 2. The van der Waals surface area contributed by atoms with Gasteiger partial charge < -0.3 is 14.5 Å². The normalized spacial score (nSPS) is 7.36. The Morgan fingerprint density at radius 2 is 1.43 bits per heavy atom. The van der Waals surface area contributed by atoms with Crippen LogP contribution in [0.1, 0.15) is 0 Å². The van der Waals surface area contributed by atoms with Gasteiger partial charge in [-0.2, -0.15) is 0 Å². The van der Waals surface area contributed by atoms with Gasteiger partial charge in [0, 0.05) is 124 Å². The predicted molar refractivity (Wildman–Crippen MR) is 42.6 cm³/mol. The van der Waals surface area contributed by atoms with E-state index in [1.807, 2.05) is 0 Å². The summed E-state index contributed by atoms with van der Waals surface area (Å²) in [7, 11) is 1.42. The molecule has 0 aliphatic rings. The molecule has 3 nitrogen and oxygen atoms in total. The van der Waals surface area contributed by atoms with E-state index in [1.54, 1.807) is 24.3 Å². The topological polar surface area (TPSA) is 49.7 Å². The molecular weight excluding hydrogens is 582 g/mol. The van der Waals surface area contributed by atoms with Crippen LogP contribution >= 0.6 is 0 Å². The third-order valence-corrected chi connectivity index (χ3v) is 1.53. The molecule has 0 aromatic heterocycles. The summed E-state index contributed by atoms with van der Waals surface area (Å²) in [5.74, 6) is 0.617. The molecule has 0 saturated heterocycles. The fourth-order valence-corrected chi connectivity index (χ4v) is 0.844. The molecule has 8 heteroatoms. The third-order valence-electron chi connectivity index (χ3n) is 1.30. The summed E-state index contributed by atoms with van der Waals surface area (Å²) in [6, 6.07) is 6.39. The molecule has 1 aromatic carbocycles. The first-order valence-electron chi connectivity index (χ1n) is 3.03. The van der Waals surface area contributed by atoms with Crippen molar-refractivity contribution in [3.05, 3.63) is 24.3 Å². The molecule has 1 aromatic rings. The molecule has 0 heterocycles. The summed E-state index contributed by atoms with van der Waals surface area (Å²) in [6.45, 7) is 0. The van der Waals surface area contributed by atoms with E-state index in [4.69, 9.17) is 14.5 Å². The largest absolute Gasteiger partial charge is 0.540 e. The average Bonchev–Trinajstić information content (AvgIpc) is 2.05. The van der Waals surface area contributed by atoms with Crippen molar-refractivity contribution in [1.82, 2.24) is 0 Å². The van der Waals surface area contributed by atoms with E-state index >= 15 is 0 Å². The molecule has 64 valence electrons. The molecule has 0 spiro atoms. The SMILES string of the molecule is OB(O)c1ccc(O[Si])cc1.[Pr].[Pr].[Pr]. The van der Waals surface area contributed by atoms with E-state index in [-0.39, 0.29) is 124 Å². The van der Waals surface area contributed by atoms with Gasteiger partial charge >= 0.3 is 17.6 Å². The average molecular weight is 588 g/mol. The fraction of sp³-hybridized carbons (Fsp3) is 0. The Kier molecular flexibility index (Phi) is 20.5. The smallest absolute Gasteiger partial charge is 0.488 e. The Morgan fingerprint density at radius 1 is 1.00 bits per heavy atom. The van der Waals surface area contributed by atoms with Crippen molar-refractivity contribution < 1.29 is 138 Å². The zero-order valence-corrected chi connectivity index (χ0v) is 19.5. The molecule has 2 N–H and O–H groups in total. The monoisotopic (exact) mass is 588 g/mol. The van der Waals surface area contributed by atoms with Gasteiger partial charge in [0.2, 0.25) is 0 Å². The quantitative estimate of drug-likeness (QED) is 0.429. The van der Waals surface area contributed by atoms with Crippen molar-refractivity contribution in [3.63, 3.8) is 0 Å². The van der Waals surface area contributed by atoms with Crippen molar-refractivity contribution in [2.45, 2.75) is 0 Å². The van der Waals surface area contributed by atoms with E-state index < -0.39 is 7.12 Å². The maximum atomic E-state index is 8.69. The van der Waals surface area contributed by atoms with Crippen LogP contribution in [-0.4, -0.2) is 27.7 Å². The Morgan fingerprint density at radius 3 is 1.71 bits per heavy atom. The maximum Gasteiger partial charge on any atom is 0.488 e. The first-order chi connectivity index (χ1) is 5.24. The third kappa shape index (κ3) is 8.41. The van der Waals surface area contributed by atoms with Crippen molar-refractivity contribution >= 4 is 23.1 Å². The summed E-state index contributed by atoms with van der Waals surface area (Å²) in [4.78, 5) is 0. The zero-order valence-electron chi connectivity index (χ0n) is 7.42. The molecule has 0 bridgehead atoms. The van der Waals surface area contributed by atoms with Crippen LogP contribution in [0.2, 0.25) is 0 Å². The standard InChI is InChI=1S/C6H6BO3Si.3Pr/c8-7(9)5-1-3-6(10-11)4-2-5;;;/h1-4,8-9H;;;. The van der Waals surface area contributed by atoms with Crippen LogP contribution in [-0.2, 0) is 0 Å². The van der Waals surface area contributed by atoms with Gasteiger partial charge in [-0.3, -0.25) is 0 Å². The van der Waals surface area contributed by atoms with Crippen molar-refractivity contribution in [3.8, 4) is 5.75 Å². The van der Waals surface area contributed by atoms with Crippen LogP contribution in [0.5, 0.6) is 5.75 Å². The Labute approximate surface area is 187 Å². The molecule has 1 rings (SSSR count). The van der Waals surface area contributed by atoms with Gasteiger partial charge in [-0.15, -0.1) is 0 Å². The Bertz CT molecular complexity index is 234. The van der Waals surface area contributed by atoms with Gasteiger partial charge in [0.05, 0.1) is 0 Å². The predicted octanol–water partition coefficient (Wildman–Crippen LogP) is -1.17. The molecule has 0 amide bonds. The minimum atomic E-state index is -1.42.